The van der Waals surface area contributed by atoms with Gasteiger partial charge in [0, 0.05) is 37.1 Å². The minimum absolute atomic E-state index is 0.0281. The van der Waals surface area contributed by atoms with Crippen molar-refractivity contribution in [2.45, 2.75) is 25.3 Å². The first kappa shape index (κ1) is 15.5. The molecular formula is C18H21N3O2. The number of hydrogen-bond donors (Lipinski definition) is 1. The van der Waals surface area contributed by atoms with Crippen LogP contribution in [0.4, 0.5) is 0 Å². The van der Waals surface area contributed by atoms with E-state index in [0.29, 0.717) is 23.6 Å². The fourth-order valence-corrected chi connectivity index (χ4v) is 2.91. The Morgan fingerprint density at radius 1 is 1.22 bits per heavy atom. The molecule has 0 spiro atoms. The third-order valence-electron chi connectivity index (χ3n) is 4.13. The van der Waals surface area contributed by atoms with Gasteiger partial charge < -0.3 is 15.4 Å². The highest BCUT2D eigenvalue weighted by Gasteiger charge is 2.26. The number of amides is 1. The molecule has 3 rings (SSSR count). The number of rotatable bonds is 4. The van der Waals surface area contributed by atoms with Gasteiger partial charge in [-0.05, 0) is 49.6 Å². The Morgan fingerprint density at radius 2 is 2.04 bits per heavy atom. The second-order valence-electron chi connectivity index (χ2n) is 5.70. The highest BCUT2D eigenvalue weighted by molar-refractivity contribution is 5.95. The smallest absolute Gasteiger partial charge is 0.254 e. The summed E-state index contributed by atoms with van der Waals surface area (Å²) in [6, 6.07) is 11.0. The molecule has 1 aromatic heterocycles. The molecular weight excluding hydrogens is 290 g/mol. The molecule has 120 valence electrons. The van der Waals surface area contributed by atoms with E-state index in [1.54, 1.807) is 30.6 Å². The predicted octanol–water partition coefficient (Wildman–Crippen LogP) is 2.83. The van der Waals surface area contributed by atoms with Crippen LogP contribution < -0.4 is 10.5 Å². The van der Waals surface area contributed by atoms with Gasteiger partial charge in [0.2, 0.25) is 0 Å². The van der Waals surface area contributed by atoms with Crippen LogP contribution in [0.1, 0.15) is 29.6 Å². The van der Waals surface area contributed by atoms with Crippen LogP contribution in [0.2, 0.25) is 0 Å². The Kier molecular flexibility index (Phi) is 4.88. The number of pyridine rings is 1. The molecule has 2 N–H and O–H groups in total. The predicted molar refractivity (Wildman–Crippen MR) is 88.5 cm³/mol. The number of aromatic nitrogens is 1. The molecule has 1 saturated heterocycles. The van der Waals surface area contributed by atoms with Gasteiger partial charge in [-0.25, -0.2) is 0 Å². The third kappa shape index (κ3) is 3.68. The largest absolute Gasteiger partial charge is 0.457 e. The van der Waals surface area contributed by atoms with Gasteiger partial charge in [-0.3, -0.25) is 9.78 Å². The molecule has 1 aromatic carbocycles. The number of likely N-dealkylation sites (tertiary alicyclic amines) is 1. The van der Waals surface area contributed by atoms with Crippen molar-refractivity contribution in [3.63, 3.8) is 0 Å². The van der Waals surface area contributed by atoms with Gasteiger partial charge in [-0.2, -0.15) is 0 Å². The summed E-state index contributed by atoms with van der Waals surface area (Å²) in [6.45, 7) is 1.29. The molecule has 2 heterocycles. The first-order chi connectivity index (χ1) is 11.3. The fourth-order valence-electron chi connectivity index (χ4n) is 2.91. The van der Waals surface area contributed by atoms with Crippen molar-refractivity contribution in [3.8, 4) is 11.5 Å². The number of nitrogens with two attached hydrogens (primary N) is 1. The lowest BCUT2D eigenvalue weighted by Gasteiger charge is -2.35. The van der Waals surface area contributed by atoms with E-state index in [-0.39, 0.29) is 11.9 Å². The Labute approximate surface area is 136 Å². The SMILES string of the molecule is NC[C@H]1CCCCN1C(=O)c1cccc(Oc2ccncc2)c1. The first-order valence-electron chi connectivity index (χ1n) is 7.97. The van der Waals surface area contributed by atoms with Crippen LogP contribution in [0.5, 0.6) is 11.5 Å². The maximum Gasteiger partial charge on any atom is 0.254 e. The molecule has 0 radical (unpaired) electrons. The molecule has 1 atom stereocenters. The third-order valence-corrected chi connectivity index (χ3v) is 4.13. The van der Waals surface area contributed by atoms with Gasteiger partial charge >= 0.3 is 0 Å². The van der Waals surface area contributed by atoms with Gasteiger partial charge in [0.25, 0.3) is 5.91 Å². The monoisotopic (exact) mass is 311 g/mol. The summed E-state index contributed by atoms with van der Waals surface area (Å²) in [5.74, 6) is 1.37. The topological polar surface area (TPSA) is 68.5 Å². The summed E-state index contributed by atoms with van der Waals surface area (Å²) in [7, 11) is 0. The Hall–Kier alpha value is -2.40. The Balaban J connectivity index is 1.77. The van der Waals surface area contributed by atoms with Gasteiger partial charge in [0.05, 0.1) is 0 Å². The van der Waals surface area contributed by atoms with Crippen molar-refractivity contribution in [2.24, 2.45) is 5.73 Å². The van der Waals surface area contributed by atoms with Crippen molar-refractivity contribution >= 4 is 5.91 Å². The van der Waals surface area contributed by atoms with E-state index in [1.807, 2.05) is 23.1 Å². The number of nitrogens with zero attached hydrogens (tertiary/aromatic N) is 2. The molecule has 0 saturated carbocycles. The van der Waals surface area contributed by atoms with E-state index in [9.17, 15) is 4.79 Å². The van der Waals surface area contributed by atoms with Crippen LogP contribution in [0.15, 0.2) is 48.8 Å². The van der Waals surface area contributed by atoms with Crippen LogP contribution in [-0.2, 0) is 0 Å². The lowest BCUT2D eigenvalue weighted by atomic mass is 10.0. The van der Waals surface area contributed by atoms with Gasteiger partial charge in [0.15, 0.2) is 0 Å². The molecule has 2 aromatic rings. The van der Waals surface area contributed by atoms with Crippen LogP contribution in [-0.4, -0.2) is 34.9 Å². The second kappa shape index (κ2) is 7.24. The highest BCUT2D eigenvalue weighted by atomic mass is 16.5. The van der Waals surface area contributed by atoms with Crippen molar-refractivity contribution in [3.05, 3.63) is 54.4 Å². The zero-order chi connectivity index (χ0) is 16.1. The maximum atomic E-state index is 12.8. The standard InChI is InChI=1S/C18H21N3O2/c19-13-15-5-1-2-11-21(15)18(22)14-4-3-6-17(12-14)23-16-7-9-20-10-8-16/h3-4,6-10,12,15H,1-2,5,11,13,19H2/t15-/m1/s1. The molecule has 1 amide bonds. The average Bonchev–Trinajstić information content (AvgIpc) is 2.62. The van der Waals surface area contributed by atoms with Crippen LogP contribution in [0.3, 0.4) is 0 Å². The minimum Gasteiger partial charge on any atom is -0.457 e. The zero-order valence-electron chi connectivity index (χ0n) is 13.0. The number of piperidine rings is 1. The van der Waals surface area contributed by atoms with Crippen LogP contribution in [0.25, 0.3) is 0 Å². The number of ether oxygens (including phenoxy) is 1. The molecule has 0 aliphatic carbocycles. The van der Waals surface area contributed by atoms with E-state index >= 15 is 0 Å². The Morgan fingerprint density at radius 3 is 2.83 bits per heavy atom. The molecule has 5 nitrogen and oxygen atoms in total. The van der Waals surface area contributed by atoms with Gasteiger partial charge in [0.1, 0.15) is 11.5 Å². The number of hydrogen-bond acceptors (Lipinski definition) is 4. The summed E-state index contributed by atoms with van der Waals surface area (Å²) in [5, 5.41) is 0. The molecule has 5 heteroatoms. The summed E-state index contributed by atoms with van der Waals surface area (Å²) in [4.78, 5) is 18.6. The van der Waals surface area contributed by atoms with E-state index < -0.39 is 0 Å². The minimum atomic E-state index is 0.0281. The summed E-state index contributed by atoms with van der Waals surface area (Å²) < 4.78 is 5.77. The quantitative estimate of drug-likeness (QED) is 0.942. The average molecular weight is 311 g/mol. The lowest BCUT2D eigenvalue weighted by molar-refractivity contribution is 0.0623. The van der Waals surface area contributed by atoms with E-state index in [2.05, 4.69) is 4.98 Å². The Bertz CT molecular complexity index is 660. The van der Waals surface area contributed by atoms with Crippen LogP contribution in [0, 0.1) is 0 Å². The van der Waals surface area contributed by atoms with E-state index in [1.165, 1.54) is 0 Å². The van der Waals surface area contributed by atoms with Crippen LogP contribution >= 0.6 is 0 Å². The van der Waals surface area contributed by atoms with Gasteiger partial charge in [-0.15, -0.1) is 0 Å². The molecule has 1 fully saturated rings. The summed E-state index contributed by atoms with van der Waals surface area (Å²) in [6.07, 6.45) is 6.50. The van der Waals surface area contributed by atoms with Crippen molar-refractivity contribution in [1.29, 1.82) is 0 Å². The molecule has 1 aliphatic rings. The molecule has 23 heavy (non-hydrogen) atoms. The maximum absolute atomic E-state index is 12.8. The van der Waals surface area contributed by atoms with Gasteiger partial charge in [-0.1, -0.05) is 6.07 Å². The lowest BCUT2D eigenvalue weighted by Crippen LogP contribution is -2.47. The van der Waals surface area contributed by atoms with Crippen molar-refractivity contribution < 1.29 is 9.53 Å². The number of benzene rings is 1. The first-order valence-corrected chi connectivity index (χ1v) is 7.97. The number of carbonyl (C=O) groups is 1. The van der Waals surface area contributed by atoms with E-state index in [4.69, 9.17) is 10.5 Å². The fraction of sp³-hybridized carbons (Fsp3) is 0.333. The van der Waals surface area contributed by atoms with Crippen molar-refractivity contribution in [1.82, 2.24) is 9.88 Å². The summed E-state index contributed by atoms with van der Waals surface area (Å²) >= 11 is 0. The summed E-state index contributed by atoms with van der Waals surface area (Å²) in [5.41, 5.74) is 6.45. The molecule has 0 unspecified atom stereocenters. The normalized spacial score (nSPS) is 17.8. The van der Waals surface area contributed by atoms with Crippen molar-refractivity contribution in [2.75, 3.05) is 13.1 Å². The van der Waals surface area contributed by atoms with E-state index in [0.717, 1.165) is 25.8 Å². The second-order valence-corrected chi connectivity index (χ2v) is 5.70. The highest BCUT2D eigenvalue weighted by Crippen LogP contribution is 2.24. The zero-order valence-corrected chi connectivity index (χ0v) is 13.0. The molecule has 1 aliphatic heterocycles. The number of carbonyl (C=O) groups excluding carboxylic acids is 1. The molecule has 0 bridgehead atoms.